The minimum atomic E-state index is -0.194. The standard InChI is InChI=1S/C16H17FO/c17-14-7-4-11(5-8-14)12-6-9-15-13(10-12)2-1-3-16(15)18/h4-8,13,15H,1-3,9-10H2/t13-,15-/m1/s1. The summed E-state index contributed by atoms with van der Waals surface area (Å²) in [7, 11) is 0. The molecular weight excluding hydrogens is 227 g/mol. The van der Waals surface area contributed by atoms with Crippen LogP contribution in [-0.2, 0) is 4.79 Å². The average Bonchev–Trinajstić information content (AvgIpc) is 2.39. The van der Waals surface area contributed by atoms with Crippen LogP contribution in [-0.4, -0.2) is 5.78 Å². The third kappa shape index (κ3) is 2.12. The van der Waals surface area contributed by atoms with Gasteiger partial charge in [-0.2, -0.15) is 0 Å². The van der Waals surface area contributed by atoms with Crippen LogP contribution in [0.15, 0.2) is 30.3 Å². The Morgan fingerprint density at radius 3 is 2.72 bits per heavy atom. The Morgan fingerprint density at radius 2 is 1.94 bits per heavy atom. The van der Waals surface area contributed by atoms with E-state index in [9.17, 15) is 9.18 Å². The highest BCUT2D eigenvalue weighted by Crippen LogP contribution is 2.41. The number of benzene rings is 1. The molecule has 0 spiro atoms. The molecule has 0 unspecified atom stereocenters. The van der Waals surface area contributed by atoms with E-state index in [2.05, 4.69) is 6.08 Å². The highest BCUT2D eigenvalue weighted by molar-refractivity contribution is 5.83. The second-order valence-corrected chi connectivity index (χ2v) is 5.40. The highest BCUT2D eigenvalue weighted by Gasteiger charge is 2.33. The average molecular weight is 244 g/mol. The van der Waals surface area contributed by atoms with Crippen LogP contribution in [0.25, 0.3) is 5.57 Å². The summed E-state index contributed by atoms with van der Waals surface area (Å²) in [6.45, 7) is 0. The van der Waals surface area contributed by atoms with Crippen LogP contribution in [0.3, 0.4) is 0 Å². The van der Waals surface area contributed by atoms with Crippen molar-refractivity contribution < 1.29 is 9.18 Å². The molecule has 2 aliphatic rings. The van der Waals surface area contributed by atoms with Gasteiger partial charge in [-0.1, -0.05) is 18.2 Å². The van der Waals surface area contributed by atoms with E-state index < -0.39 is 0 Å². The van der Waals surface area contributed by atoms with Gasteiger partial charge in [0.05, 0.1) is 0 Å². The van der Waals surface area contributed by atoms with E-state index in [-0.39, 0.29) is 11.7 Å². The van der Waals surface area contributed by atoms with Crippen molar-refractivity contribution in [3.05, 3.63) is 41.7 Å². The Balaban J connectivity index is 1.83. The number of rotatable bonds is 1. The number of carbonyl (C=O) groups is 1. The molecule has 3 rings (SSSR count). The van der Waals surface area contributed by atoms with E-state index in [0.29, 0.717) is 11.7 Å². The molecule has 1 fully saturated rings. The molecule has 0 radical (unpaired) electrons. The summed E-state index contributed by atoms with van der Waals surface area (Å²) in [6, 6.07) is 6.70. The Kier molecular flexibility index (Phi) is 3.02. The first-order valence-corrected chi connectivity index (χ1v) is 6.72. The first kappa shape index (κ1) is 11.6. The van der Waals surface area contributed by atoms with E-state index in [1.54, 1.807) is 0 Å². The zero-order valence-electron chi connectivity index (χ0n) is 10.4. The lowest BCUT2D eigenvalue weighted by Crippen LogP contribution is -2.30. The van der Waals surface area contributed by atoms with Crippen molar-refractivity contribution in [3.8, 4) is 0 Å². The lowest BCUT2D eigenvalue weighted by molar-refractivity contribution is -0.126. The zero-order valence-corrected chi connectivity index (χ0v) is 10.4. The Morgan fingerprint density at radius 1 is 1.17 bits per heavy atom. The molecular formula is C16H17FO. The van der Waals surface area contributed by atoms with Gasteiger partial charge in [-0.3, -0.25) is 4.79 Å². The molecule has 0 amide bonds. The van der Waals surface area contributed by atoms with Crippen molar-refractivity contribution in [1.29, 1.82) is 0 Å². The number of allylic oxidation sites excluding steroid dienone is 2. The van der Waals surface area contributed by atoms with Crippen molar-refractivity contribution in [2.75, 3.05) is 0 Å². The van der Waals surface area contributed by atoms with Gasteiger partial charge in [0.2, 0.25) is 0 Å². The van der Waals surface area contributed by atoms with Crippen LogP contribution >= 0.6 is 0 Å². The van der Waals surface area contributed by atoms with Crippen molar-refractivity contribution in [3.63, 3.8) is 0 Å². The molecule has 2 heteroatoms. The predicted octanol–water partition coefficient (Wildman–Crippen LogP) is 3.99. The molecule has 2 atom stereocenters. The summed E-state index contributed by atoms with van der Waals surface area (Å²) in [5.74, 6) is 1.01. The second kappa shape index (κ2) is 4.68. The quantitative estimate of drug-likeness (QED) is 0.730. The second-order valence-electron chi connectivity index (χ2n) is 5.40. The van der Waals surface area contributed by atoms with E-state index in [1.807, 2.05) is 12.1 Å². The summed E-state index contributed by atoms with van der Waals surface area (Å²) in [5.41, 5.74) is 2.39. The highest BCUT2D eigenvalue weighted by atomic mass is 19.1. The number of Topliss-reactive ketones (excluding diaryl/α,β-unsaturated/α-hetero) is 1. The van der Waals surface area contributed by atoms with Gasteiger partial charge in [-0.05, 0) is 54.9 Å². The van der Waals surface area contributed by atoms with Gasteiger partial charge >= 0.3 is 0 Å². The summed E-state index contributed by atoms with van der Waals surface area (Å²) in [4.78, 5) is 11.8. The molecule has 18 heavy (non-hydrogen) atoms. The number of carbonyl (C=O) groups excluding carboxylic acids is 1. The van der Waals surface area contributed by atoms with Crippen molar-refractivity contribution in [2.45, 2.75) is 32.1 Å². The maximum absolute atomic E-state index is 12.9. The molecule has 1 aromatic rings. The van der Waals surface area contributed by atoms with E-state index in [0.717, 1.165) is 37.7 Å². The summed E-state index contributed by atoms with van der Waals surface area (Å²) in [6.07, 6.45) is 6.99. The molecule has 2 aliphatic carbocycles. The van der Waals surface area contributed by atoms with Crippen LogP contribution in [0.4, 0.5) is 4.39 Å². The maximum Gasteiger partial charge on any atom is 0.136 e. The fourth-order valence-corrected chi connectivity index (χ4v) is 3.29. The number of ketones is 1. The van der Waals surface area contributed by atoms with Gasteiger partial charge in [-0.15, -0.1) is 0 Å². The topological polar surface area (TPSA) is 17.1 Å². The third-order valence-electron chi connectivity index (χ3n) is 4.30. The molecule has 0 heterocycles. The van der Waals surface area contributed by atoms with Gasteiger partial charge in [0.1, 0.15) is 11.6 Å². The summed E-state index contributed by atoms with van der Waals surface area (Å²) in [5, 5.41) is 0. The van der Waals surface area contributed by atoms with E-state index in [1.165, 1.54) is 17.7 Å². The molecule has 1 aromatic carbocycles. The molecule has 0 N–H and O–H groups in total. The van der Waals surface area contributed by atoms with Gasteiger partial charge < -0.3 is 0 Å². The van der Waals surface area contributed by atoms with E-state index in [4.69, 9.17) is 0 Å². The molecule has 0 bridgehead atoms. The van der Waals surface area contributed by atoms with Gasteiger partial charge in [-0.25, -0.2) is 4.39 Å². The first-order chi connectivity index (χ1) is 8.74. The van der Waals surface area contributed by atoms with Crippen LogP contribution in [0.5, 0.6) is 0 Å². The van der Waals surface area contributed by atoms with Crippen LogP contribution in [0.1, 0.15) is 37.7 Å². The van der Waals surface area contributed by atoms with Gasteiger partial charge in [0.15, 0.2) is 0 Å². The van der Waals surface area contributed by atoms with Crippen LogP contribution in [0.2, 0.25) is 0 Å². The SMILES string of the molecule is O=C1CCC[C@@H]2CC(c3ccc(F)cc3)=CC[C@@H]12. The maximum atomic E-state index is 12.9. The van der Waals surface area contributed by atoms with Crippen molar-refractivity contribution >= 4 is 11.4 Å². The monoisotopic (exact) mass is 244 g/mol. The lowest BCUT2D eigenvalue weighted by atomic mass is 9.70. The van der Waals surface area contributed by atoms with E-state index >= 15 is 0 Å². The smallest absolute Gasteiger partial charge is 0.136 e. The number of hydrogen-bond donors (Lipinski definition) is 0. The molecule has 94 valence electrons. The fourth-order valence-electron chi connectivity index (χ4n) is 3.29. The Bertz CT molecular complexity index is 486. The minimum Gasteiger partial charge on any atom is -0.299 e. The normalized spacial score (nSPS) is 27.6. The van der Waals surface area contributed by atoms with Gasteiger partial charge in [0, 0.05) is 12.3 Å². The number of halogens is 1. The molecule has 0 aliphatic heterocycles. The summed E-state index contributed by atoms with van der Waals surface area (Å²) >= 11 is 0. The Hall–Kier alpha value is -1.44. The third-order valence-corrected chi connectivity index (χ3v) is 4.30. The fraction of sp³-hybridized carbons (Fsp3) is 0.438. The molecule has 1 nitrogen and oxygen atoms in total. The van der Waals surface area contributed by atoms with Crippen molar-refractivity contribution in [1.82, 2.24) is 0 Å². The Labute approximate surface area is 107 Å². The van der Waals surface area contributed by atoms with Crippen LogP contribution < -0.4 is 0 Å². The number of fused-ring (bicyclic) bond motifs is 1. The molecule has 0 saturated heterocycles. The predicted molar refractivity (Wildman–Crippen MR) is 69.4 cm³/mol. The van der Waals surface area contributed by atoms with Crippen molar-refractivity contribution in [2.24, 2.45) is 11.8 Å². The summed E-state index contributed by atoms with van der Waals surface area (Å²) < 4.78 is 12.9. The molecule has 0 aromatic heterocycles. The minimum absolute atomic E-state index is 0.194. The zero-order chi connectivity index (χ0) is 12.5. The molecule has 1 saturated carbocycles. The largest absolute Gasteiger partial charge is 0.299 e. The van der Waals surface area contributed by atoms with Gasteiger partial charge in [0.25, 0.3) is 0 Å². The first-order valence-electron chi connectivity index (χ1n) is 6.72. The lowest BCUT2D eigenvalue weighted by Gasteiger charge is -2.34. The van der Waals surface area contributed by atoms with Crippen LogP contribution in [0, 0.1) is 17.7 Å². The number of hydrogen-bond acceptors (Lipinski definition) is 1.